The van der Waals surface area contributed by atoms with Crippen LogP contribution in [-0.4, -0.2) is 20.9 Å². The molecule has 3 heterocycles. The molecule has 0 saturated carbocycles. The van der Waals surface area contributed by atoms with Crippen LogP contribution in [0.5, 0.6) is 0 Å². The van der Waals surface area contributed by atoms with E-state index in [4.69, 9.17) is 17.3 Å². The Kier molecular flexibility index (Phi) is 4.48. The van der Waals surface area contributed by atoms with Crippen LogP contribution in [-0.2, 0) is 6.54 Å². The number of carbonyl (C=O) groups excluding carboxylic acids is 1. The van der Waals surface area contributed by atoms with E-state index in [0.717, 1.165) is 16.5 Å². The number of aromatic amines is 1. The minimum absolute atomic E-state index is 0.339. The molecule has 7 heteroatoms. The van der Waals surface area contributed by atoms with Crippen LogP contribution in [0.2, 0.25) is 5.02 Å². The van der Waals surface area contributed by atoms with E-state index < -0.39 is 5.91 Å². The van der Waals surface area contributed by atoms with Gasteiger partial charge in [0, 0.05) is 29.9 Å². The molecule has 4 rings (SSSR count). The summed E-state index contributed by atoms with van der Waals surface area (Å²) < 4.78 is 0. The van der Waals surface area contributed by atoms with Crippen molar-refractivity contribution in [1.29, 1.82) is 0 Å². The van der Waals surface area contributed by atoms with Gasteiger partial charge >= 0.3 is 0 Å². The zero-order valence-electron chi connectivity index (χ0n) is 14.2. The van der Waals surface area contributed by atoms with Gasteiger partial charge in [-0.25, -0.2) is 9.97 Å². The predicted octanol–water partition coefficient (Wildman–Crippen LogP) is 3.99. The Balaban J connectivity index is 1.73. The number of fused-ring (bicyclic) bond motifs is 1. The minimum atomic E-state index is -0.534. The molecule has 6 nitrogen and oxygen atoms in total. The Hall–Kier alpha value is -3.38. The number of nitrogens with zero attached hydrogens (tertiary/aromatic N) is 2. The van der Waals surface area contributed by atoms with E-state index >= 15 is 0 Å². The number of amides is 1. The Morgan fingerprint density at radius 3 is 2.78 bits per heavy atom. The highest BCUT2D eigenvalue weighted by atomic mass is 35.5. The van der Waals surface area contributed by atoms with Crippen molar-refractivity contribution >= 4 is 34.4 Å². The van der Waals surface area contributed by atoms with Crippen molar-refractivity contribution in [3.8, 4) is 11.3 Å². The van der Waals surface area contributed by atoms with Gasteiger partial charge in [0.1, 0.15) is 11.5 Å². The Morgan fingerprint density at radius 1 is 1.19 bits per heavy atom. The monoisotopic (exact) mass is 377 g/mol. The molecular formula is C20H16ClN5O. The number of H-pyrrole nitrogens is 1. The van der Waals surface area contributed by atoms with Crippen molar-refractivity contribution in [1.82, 2.24) is 15.0 Å². The largest absolute Gasteiger partial charge is 0.365 e. The smallest absolute Gasteiger partial charge is 0.252 e. The fourth-order valence-corrected chi connectivity index (χ4v) is 3.07. The van der Waals surface area contributed by atoms with Gasteiger partial charge in [0.2, 0.25) is 0 Å². The molecule has 4 N–H and O–H groups in total. The van der Waals surface area contributed by atoms with E-state index in [0.29, 0.717) is 34.3 Å². The summed E-state index contributed by atoms with van der Waals surface area (Å²) in [5.74, 6) is -0.0959. The molecule has 3 aromatic heterocycles. The van der Waals surface area contributed by atoms with Gasteiger partial charge in [-0.3, -0.25) is 4.79 Å². The van der Waals surface area contributed by atoms with Gasteiger partial charge in [0.15, 0.2) is 0 Å². The maximum atomic E-state index is 11.8. The predicted molar refractivity (Wildman–Crippen MR) is 107 cm³/mol. The number of primary amides is 1. The molecule has 1 amide bonds. The van der Waals surface area contributed by atoms with Crippen molar-refractivity contribution in [2.75, 3.05) is 5.32 Å². The van der Waals surface area contributed by atoms with Crippen LogP contribution in [0.3, 0.4) is 0 Å². The summed E-state index contributed by atoms with van der Waals surface area (Å²) in [4.78, 5) is 23.8. The molecular weight excluding hydrogens is 362 g/mol. The number of rotatable bonds is 5. The number of halogens is 1. The number of nitrogens with two attached hydrogens (primary N) is 1. The number of pyridine rings is 2. The van der Waals surface area contributed by atoms with E-state index in [1.807, 2.05) is 42.6 Å². The number of hydrogen-bond acceptors (Lipinski definition) is 4. The lowest BCUT2D eigenvalue weighted by atomic mass is 10.1. The topological polar surface area (TPSA) is 96.7 Å². The number of benzene rings is 1. The lowest BCUT2D eigenvalue weighted by molar-refractivity contribution is 0.100. The Labute approximate surface area is 160 Å². The average molecular weight is 378 g/mol. The van der Waals surface area contributed by atoms with Crippen LogP contribution >= 0.6 is 11.6 Å². The molecule has 0 aliphatic heterocycles. The second-order valence-electron chi connectivity index (χ2n) is 6.05. The highest BCUT2D eigenvalue weighted by Gasteiger charge is 2.14. The molecule has 0 radical (unpaired) electrons. The number of nitrogens with one attached hydrogen (secondary N) is 2. The summed E-state index contributed by atoms with van der Waals surface area (Å²) in [6, 6.07) is 15.1. The second kappa shape index (κ2) is 7.09. The van der Waals surface area contributed by atoms with Crippen molar-refractivity contribution in [3.05, 3.63) is 77.1 Å². The van der Waals surface area contributed by atoms with Crippen LogP contribution in [0.15, 0.2) is 60.9 Å². The van der Waals surface area contributed by atoms with E-state index in [1.54, 1.807) is 18.3 Å². The van der Waals surface area contributed by atoms with Crippen molar-refractivity contribution < 1.29 is 4.79 Å². The maximum Gasteiger partial charge on any atom is 0.252 e. The molecule has 0 aliphatic rings. The lowest BCUT2D eigenvalue weighted by Gasteiger charge is -2.11. The number of carbonyl (C=O) groups is 1. The Morgan fingerprint density at radius 2 is 2.00 bits per heavy atom. The lowest BCUT2D eigenvalue weighted by Crippen LogP contribution is -2.15. The van der Waals surface area contributed by atoms with Crippen LogP contribution in [0.25, 0.3) is 22.3 Å². The summed E-state index contributed by atoms with van der Waals surface area (Å²) in [6.07, 6.45) is 3.40. The summed E-state index contributed by atoms with van der Waals surface area (Å²) in [6.45, 7) is 0.527. The third-order valence-corrected chi connectivity index (χ3v) is 4.44. The van der Waals surface area contributed by atoms with Gasteiger partial charge in [-0.05, 0) is 23.8 Å². The van der Waals surface area contributed by atoms with Crippen molar-refractivity contribution in [2.45, 2.75) is 6.54 Å². The first-order valence-electron chi connectivity index (χ1n) is 8.33. The number of anilines is 1. The molecule has 0 fully saturated rings. The highest BCUT2D eigenvalue weighted by molar-refractivity contribution is 6.31. The van der Waals surface area contributed by atoms with Gasteiger partial charge in [0.25, 0.3) is 5.91 Å². The first-order chi connectivity index (χ1) is 13.1. The summed E-state index contributed by atoms with van der Waals surface area (Å²) in [7, 11) is 0. The molecule has 0 atom stereocenters. The van der Waals surface area contributed by atoms with Crippen LogP contribution in [0, 0.1) is 0 Å². The van der Waals surface area contributed by atoms with Crippen molar-refractivity contribution in [3.63, 3.8) is 0 Å². The zero-order valence-corrected chi connectivity index (χ0v) is 15.0. The van der Waals surface area contributed by atoms with Crippen LogP contribution in [0.4, 0.5) is 5.82 Å². The first-order valence-corrected chi connectivity index (χ1v) is 8.71. The highest BCUT2D eigenvalue weighted by Crippen LogP contribution is 2.30. The molecule has 4 aromatic rings. The van der Waals surface area contributed by atoms with Crippen molar-refractivity contribution in [2.24, 2.45) is 5.73 Å². The van der Waals surface area contributed by atoms with E-state index in [2.05, 4.69) is 20.3 Å². The molecule has 0 aliphatic carbocycles. The fraction of sp³-hybridized carbons (Fsp3) is 0.0500. The third-order valence-electron chi connectivity index (χ3n) is 4.24. The standard InChI is InChI=1S/C20H16ClN5O/c21-13-8-15-16(11-25-19(15)24-10-13)17-7-6-14(18(22)27)20(26-17)23-9-12-4-2-1-3-5-12/h1-8,10-11H,9H2,(H2,22,27)(H,23,26)(H,24,25). The number of hydrogen-bond donors (Lipinski definition) is 3. The molecule has 0 saturated heterocycles. The van der Waals surface area contributed by atoms with Gasteiger partial charge in [0.05, 0.1) is 16.3 Å². The SMILES string of the molecule is NC(=O)c1ccc(-c2c[nH]c3ncc(Cl)cc23)nc1NCc1ccccc1. The Bertz CT molecular complexity index is 1120. The average Bonchev–Trinajstić information content (AvgIpc) is 3.10. The molecule has 0 bridgehead atoms. The van der Waals surface area contributed by atoms with Gasteiger partial charge < -0.3 is 16.0 Å². The van der Waals surface area contributed by atoms with Gasteiger partial charge in [-0.15, -0.1) is 0 Å². The minimum Gasteiger partial charge on any atom is -0.365 e. The third kappa shape index (κ3) is 3.47. The number of aromatic nitrogens is 3. The molecule has 134 valence electrons. The van der Waals surface area contributed by atoms with E-state index in [1.165, 1.54) is 0 Å². The van der Waals surface area contributed by atoms with Gasteiger partial charge in [-0.1, -0.05) is 41.9 Å². The van der Waals surface area contributed by atoms with E-state index in [-0.39, 0.29) is 0 Å². The normalized spacial score (nSPS) is 10.9. The van der Waals surface area contributed by atoms with Crippen LogP contribution in [0.1, 0.15) is 15.9 Å². The molecule has 0 unspecified atom stereocenters. The summed E-state index contributed by atoms with van der Waals surface area (Å²) in [5, 5.41) is 4.61. The summed E-state index contributed by atoms with van der Waals surface area (Å²) >= 11 is 6.08. The van der Waals surface area contributed by atoms with E-state index in [9.17, 15) is 4.79 Å². The first kappa shape index (κ1) is 17.1. The molecule has 0 spiro atoms. The second-order valence-corrected chi connectivity index (χ2v) is 6.48. The quantitative estimate of drug-likeness (QED) is 0.490. The molecule has 1 aromatic carbocycles. The fourth-order valence-electron chi connectivity index (χ4n) is 2.91. The summed E-state index contributed by atoms with van der Waals surface area (Å²) in [5.41, 5.74) is 9.17. The zero-order chi connectivity index (χ0) is 18.8. The van der Waals surface area contributed by atoms with Gasteiger partial charge in [-0.2, -0.15) is 0 Å². The molecule has 27 heavy (non-hydrogen) atoms. The van der Waals surface area contributed by atoms with Crippen LogP contribution < -0.4 is 11.1 Å². The maximum absolute atomic E-state index is 11.8.